The van der Waals surface area contributed by atoms with Crippen molar-refractivity contribution in [1.82, 2.24) is 9.80 Å². The summed E-state index contributed by atoms with van der Waals surface area (Å²) >= 11 is 12.3. The number of nitriles is 1. The Labute approximate surface area is 212 Å². The van der Waals surface area contributed by atoms with Crippen molar-refractivity contribution in [2.45, 2.75) is 50.4 Å². The molecule has 2 unspecified atom stereocenters. The van der Waals surface area contributed by atoms with Crippen molar-refractivity contribution in [1.29, 1.82) is 5.26 Å². The summed E-state index contributed by atoms with van der Waals surface area (Å²) in [5.41, 5.74) is -0.0200. The zero-order valence-corrected chi connectivity index (χ0v) is 20.6. The monoisotopic (exact) mass is 529 g/mol. The van der Waals surface area contributed by atoms with Gasteiger partial charge in [-0.3, -0.25) is 9.69 Å². The van der Waals surface area contributed by atoms with Crippen LogP contribution in [0.5, 0.6) is 0 Å². The Morgan fingerprint density at radius 1 is 1.14 bits per heavy atom. The quantitative estimate of drug-likeness (QED) is 0.283. The van der Waals surface area contributed by atoms with E-state index >= 15 is 0 Å². The summed E-state index contributed by atoms with van der Waals surface area (Å²) in [6.45, 7) is 1.04. The molecule has 1 saturated heterocycles. The Kier molecular flexibility index (Phi) is 9.03. The number of carbonyl (C=O) groups excluding carboxylic acids is 1. The highest BCUT2D eigenvalue weighted by atomic mass is 35.5. The van der Waals surface area contributed by atoms with Gasteiger partial charge < -0.3 is 4.90 Å². The lowest BCUT2D eigenvalue weighted by atomic mass is 9.93. The van der Waals surface area contributed by atoms with Crippen molar-refractivity contribution >= 4 is 29.1 Å². The van der Waals surface area contributed by atoms with Crippen molar-refractivity contribution in [3.05, 3.63) is 69.0 Å². The maximum atomic E-state index is 14.1. The third-order valence-electron chi connectivity index (χ3n) is 6.28. The van der Waals surface area contributed by atoms with Crippen molar-refractivity contribution in [2.24, 2.45) is 0 Å². The molecule has 0 aromatic heterocycles. The summed E-state index contributed by atoms with van der Waals surface area (Å²) in [6, 6.07) is 10.1. The number of likely N-dealkylation sites (tertiary alicyclic amines) is 1. The van der Waals surface area contributed by atoms with Gasteiger partial charge in [-0.2, -0.15) is 18.4 Å². The molecular weight excluding hydrogens is 505 g/mol. The fourth-order valence-corrected chi connectivity index (χ4v) is 4.74. The summed E-state index contributed by atoms with van der Waals surface area (Å²) < 4.78 is 52.8. The van der Waals surface area contributed by atoms with E-state index in [1.165, 1.54) is 6.07 Å². The van der Waals surface area contributed by atoms with Crippen LogP contribution in [0.1, 0.15) is 48.3 Å². The molecule has 10 heteroatoms. The number of likely N-dealkylation sites (N-methyl/N-ethyl adjacent to an activating group) is 1. The molecule has 2 aromatic rings. The minimum Gasteiger partial charge on any atom is -0.340 e. The molecule has 188 valence electrons. The first-order chi connectivity index (χ1) is 16.5. The van der Waals surface area contributed by atoms with Gasteiger partial charge in [0.25, 0.3) is 0 Å². The molecule has 1 aliphatic rings. The van der Waals surface area contributed by atoms with E-state index in [1.807, 2.05) is 11.0 Å². The molecular formula is C25H25Cl2F4N3O. The lowest BCUT2D eigenvalue weighted by molar-refractivity contribution is -0.140. The highest BCUT2D eigenvalue weighted by molar-refractivity contribution is 6.42. The van der Waals surface area contributed by atoms with E-state index in [0.717, 1.165) is 17.7 Å². The first kappa shape index (κ1) is 27.3. The van der Waals surface area contributed by atoms with Gasteiger partial charge >= 0.3 is 6.18 Å². The van der Waals surface area contributed by atoms with Gasteiger partial charge in [0, 0.05) is 44.4 Å². The van der Waals surface area contributed by atoms with E-state index in [2.05, 4.69) is 6.07 Å². The van der Waals surface area contributed by atoms with Crippen LogP contribution < -0.4 is 0 Å². The summed E-state index contributed by atoms with van der Waals surface area (Å²) in [6.07, 6.45) is -2.77. The van der Waals surface area contributed by atoms with Crippen molar-refractivity contribution in [2.75, 3.05) is 20.1 Å². The van der Waals surface area contributed by atoms with E-state index in [4.69, 9.17) is 28.5 Å². The molecule has 1 amide bonds. The molecule has 1 heterocycles. The molecule has 2 aromatic carbocycles. The predicted molar refractivity (Wildman–Crippen MR) is 127 cm³/mol. The van der Waals surface area contributed by atoms with Gasteiger partial charge in [0.15, 0.2) is 0 Å². The molecule has 2 atom stereocenters. The number of unbranched alkanes of at least 4 members (excludes halogenated alkanes) is 2. The van der Waals surface area contributed by atoms with Crippen LogP contribution in [0.15, 0.2) is 36.4 Å². The van der Waals surface area contributed by atoms with Crippen LogP contribution in [0.3, 0.4) is 0 Å². The standard InChI is InChI=1S/C25H25Cl2F4N3O/c1-33(13-16-6-8-19(22(28)11-16)25(29,30)31)23-15-34(24(35)5-3-2-4-10-32)14-18(23)17-7-9-20(26)21(27)12-17/h6-9,11-12,18,23H,2-5,13-15H2,1H3. The fourth-order valence-electron chi connectivity index (χ4n) is 4.44. The smallest absolute Gasteiger partial charge is 0.340 e. The van der Waals surface area contributed by atoms with Gasteiger partial charge in [0.05, 0.1) is 21.7 Å². The second-order valence-electron chi connectivity index (χ2n) is 8.74. The molecule has 0 aliphatic carbocycles. The second kappa shape index (κ2) is 11.6. The second-order valence-corrected chi connectivity index (χ2v) is 9.55. The normalized spacial score (nSPS) is 18.2. The molecule has 3 rings (SSSR count). The zero-order valence-electron chi connectivity index (χ0n) is 19.1. The zero-order chi connectivity index (χ0) is 25.8. The van der Waals surface area contributed by atoms with Crippen LogP contribution in [-0.4, -0.2) is 41.9 Å². The topological polar surface area (TPSA) is 47.3 Å². The van der Waals surface area contributed by atoms with Crippen LogP contribution in [0.2, 0.25) is 10.0 Å². The SMILES string of the molecule is CN(Cc1ccc(C(F)(F)F)c(F)c1)C1CN(C(=O)CCCCC#N)CC1c1ccc(Cl)c(Cl)c1. The minimum absolute atomic E-state index is 0.0236. The molecule has 0 bridgehead atoms. The predicted octanol–water partition coefficient (Wildman–Crippen LogP) is 6.66. The van der Waals surface area contributed by atoms with Crippen molar-refractivity contribution < 1.29 is 22.4 Å². The van der Waals surface area contributed by atoms with E-state index in [9.17, 15) is 22.4 Å². The maximum absolute atomic E-state index is 14.1. The number of halogens is 6. The van der Waals surface area contributed by atoms with E-state index in [1.54, 1.807) is 24.1 Å². The highest BCUT2D eigenvalue weighted by Gasteiger charge is 2.39. The van der Waals surface area contributed by atoms with Crippen molar-refractivity contribution in [3.63, 3.8) is 0 Å². The first-order valence-electron chi connectivity index (χ1n) is 11.2. The summed E-state index contributed by atoms with van der Waals surface area (Å²) in [5, 5.41) is 9.48. The van der Waals surface area contributed by atoms with Crippen LogP contribution in [0.25, 0.3) is 0 Å². The molecule has 1 fully saturated rings. The van der Waals surface area contributed by atoms with Gasteiger partial charge in [0.1, 0.15) is 5.82 Å². The number of amides is 1. The lowest BCUT2D eigenvalue weighted by Gasteiger charge is -2.29. The Morgan fingerprint density at radius 2 is 1.89 bits per heavy atom. The molecule has 0 radical (unpaired) electrons. The summed E-state index contributed by atoms with van der Waals surface area (Å²) in [7, 11) is 1.80. The van der Waals surface area contributed by atoms with Crippen LogP contribution in [0, 0.1) is 17.1 Å². The summed E-state index contributed by atoms with van der Waals surface area (Å²) in [5.74, 6) is -1.47. The van der Waals surface area contributed by atoms with Gasteiger partial charge in [-0.25, -0.2) is 4.39 Å². The van der Waals surface area contributed by atoms with Gasteiger partial charge in [-0.15, -0.1) is 0 Å². The average molecular weight is 530 g/mol. The number of hydrogen-bond acceptors (Lipinski definition) is 3. The third kappa shape index (κ3) is 6.87. The van der Waals surface area contributed by atoms with Gasteiger partial charge in [0.2, 0.25) is 5.91 Å². The first-order valence-corrected chi connectivity index (χ1v) is 11.9. The Morgan fingerprint density at radius 3 is 2.51 bits per heavy atom. The molecule has 0 saturated carbocycles. The van der Waals surface area contributed by atoms with Gasteiger partial charge in [-0.05, 0) is 55.3 Å². The van der Waals surface area contributed by atoms with Crippen LogP contribution >= 0.6 is 23.2 Å². The molecule has 1 aliphatic heterocycles. The minimum atomic E-state index is -4.76. The van der Waals surface area contributed by atoms with Crippen LogP contribution in [-0.2, 0) is 17.5 Å². The average Bonchev–Trinajstić information content (AvgIpc) is 3.23. The highest BCUT2D eigenvalue weighted by Crippen LogP contribution is 2.36. The number of rotatable bonds is 8. The third-order valence-corrected chi connectivity index (χ3v) is 7.02. The van der Waals surface area contributed by atoms with Crippen LogP contribution in [0.4, 0.5) is 17.6 Å². The fraction of sp³-hybridized carbons (Fsp3) is 0.440. The maximum Gasteiger partial charge on any atom is 0.419 e. The Bertz CT molecular complexity index is 1100. The number of benzene rings is 2. The van der Waals surface area contributed by atoms with E-state index in [-0.39, 0.29) is 24.4 Å². The summed E-state index contributed by atoms with van der Waals surface area (Å²) in [4.78, 5) is 16.5. The van der Waals surface area contributed by atoms with Gasteiger partial charge in [-0.1, -0.05) is 35.3 Å². The largest absolute Gasteiger partial charge is 0.419 e. The Balaban J connectivity index is 1.80. The molecule has 0 N–H and O–H groups in total. The van der Waals surface area contributed by atoms with E-state index < -0.39 is 17.6 Å². The molecule has 4 nitrogen and oxygen atoms in total. The number of alkyl halides is 3. The number of hydrogen-bond donors (Lipinski definition) is 0. The Hall–Kier alpha value is -2.34. The number of carbonyl (C=O) groups is 1. The van der Waals surface area contributed by atoms with E-state index in [0.29, 0.717) is 54.4 Å². The van der Waals surface area contributed by atoms with Crippen molar-refractivity contribution in [3.8, 4) is 6.07 Å². The lowest BCUT2D eigenvalue weighted by Crippen LogP contribution is -2.38. The molecule has 35 heavy (non-hydrogen) atoms. The number of nitrogens with zero attached hydrogens (tertiary/aromatic N) is 3. The molecule has 0 spiro atoms.